The van der Waals surface area contributed by atoms with Crippen LogP contribution in [-0.4, -0.2) is 19.3 Å². The summed E-state index contributed by atoms with van der Waals surface area (Å²) in [5.41, 5.74) is 7.56. The second-order valence-corrected chi connectivity index (χ2v) is 4.11. The molecule has 0 aromatic heterocycles. The number of nitrogen functional groups attached to an aromatic ring is 1. The van der Waals surface area contributed by atoms with Crippen molar-refractivity contribution in [3.8, 4) is 0 Å². The van der Waals surface area contributed by atoms with E-state index < -0.39 is 6.17 Å². The normalized spacial score (nSPS) is 22.5. The Morgan fingerprint density at radius 1 is 1.13 bits per heavy atom. The quantitative estimate of drug-likeness (QED) is 0.719. The summed E-state index contributed by atoms with van der Waals surface area (Å²) >= 11 is 0. The molecule has 1 aliphatic heterocycles. The lowest BCUT2D eigenvalue weighted by atomic mass is 10.2. The van der Waals surface area contributed by atoms with Crippen molar-refractivity contribution >= 4 is 11.4 Å². The molecule has 2 rings (SSSR count). The lowest BCUT2D eigenvalue weighted by Crippen LogP contribution is -2.24. The van der Waals surface area contributed by atoms with Gasteiger partial charge >= 0.3 is 0 Å². The van der Waals surface area contributed by atoms with Crippen LogP contribution in [-0.2, 0) is 0 Å². The molecule has 0 amide bonds. The molecule has 1 saturated heterocycles. The highest BCUT2D eigenvalue weighted by atomic mass is 19.1. The van der Waals surface area contributed by atoms with Gasteiger partial charge in [0.25, 0.3) is 0 Å². The first-order valence-electron chi connectivity index (χ1n) is 5.50. The number of halogens is 1. The highest BCUT2D eigenvalue weighted by Gasteiger charge is 2.15. The number of nitrogens with two attached hydrogens (primary N) is 1. The summed E-state index contributed by atoms with van der Waals surface area (Å²) in [6.45, 7) is 1.76. The van der Waals surface area contributed by atoms with Gasteiger partial charge < -0.3 is 10.6 Å². The van der Waals surface area contributed by atoms with Crippen LogP contribution in [0.15, 0.2) is 24.3 Å². The molecule has 1 aromatic rings. The molecule has 1 fully saturated rings. The van der Waals surface area contributed by atoms with E-state index in [-0.39, 0.29) is 0 Å². The molecule has 0 aliphatic carbocycles. The third kappa shape index (κ3) is 2.61. The summed E-state index contributed by atoms with van der Waals surface area (Å²) in [5, 5.41) is 0. The van der Waals surface area contributed by atoms with Crippen LogP contribution in [0, 0.1) is 0 Å². The molecule has 0 bridgehead atoms. The van der Waals surface area contributed by atoms with Crippen LogP contribution < -0.4 is 10.6 Å². The molecule has 1 heterocycles. The first kappa shape index (κ1) is 10.3. The molecule has 1 unspecified atom stereocenters. The van der Waals surface area contributed by atoms with Gasteiger partial charge in [-0.2, -0.15) is 0 Å². The van der Waals surface area contributed by atoms with Crippen molar-refractivity contribution < 1.29 is 4.39 Å². The largest absolute Gasteiger partial charge is 0.399 e. The van der Waals surface area contributed by atoms with E-state index in [1.54, 1.807) is 0 Å². The van der Waals surface area contributed by atoms with Crippen LogP contribution >= 0.6 is 0 Å². The fourth-order valence-electron chi connectivity index (χ4n) is 2.00. The summed E-state index contributed by atoms with van der Waals surface area (Å²) in [7, 11) is 0. The maximum Gasteiger partial charge on any atom is 0.102 e. The number of nitrogens with zero attached hydrogens (tertiary/aromatic N) is 1. The molecule has 2 N–H and O–H groups in total. The van der Waals surface area contributed by atoms with E-state index in [1.807, 2.05) is 24.3 Å². The molecular weight excluding hydrogens is 191 g/mol. The molecule has 1 aliphatic rings. The number of hydrogen-bond donors (Lipinski definition) is 1. The molecule has 1 aromatic carbocycles. The first-order valence-corrected chi connectivity index (χ1v) is 5.50. The summed E-state index contributed by atoms with van der Waals surface area (Å²) < 4.78 is 13.2. The molecule has 1 atom stereocenters. The smallest absolute Gasteiger partial charge is 0.102 e. The van der Waals surface area contributed by atoms with Gasteiger partial charge in [-0.3, -0.25) is 0 Å². The summed E-state index contributed by atoms with van der Waals surface area (Å²) in [5.74, 6) is 0. The summed E-state index contributed by atoms with van der Waals surface area (Å²) in [6, 6.07) is 7.81. The minimum Gasteiger partial charge on any atom is -0.399 e. The Balaban J connectivity index is 2.06. The topological polar surface area (TPSA) is 29.3 Å². The predicted octanol–water partition coefficient (Wildman–Crippen LogP) is 2.60. The minimum atomic E-state index is -0.621. The zero-order valence-electron chi connectivity index (χ0n) is 8.82. The van der Waals surface area contributed by atoms with Crippen LogP contribution in [0.4, 0.5) is 15.8 Å². The summed E-state index contributed by atoms with van der Waals surface area (Å²) in [6.07, 6.45) is 1.66. The molecule has 82 valence electrons. The van der Waals surface area contributed by atoms with Crippen molar-refractivity contribution in [2.24, 2.45) is 0 Å². The zero-order valence-corrected chi connectivity index (χ0v) is 8.82. The Labute approximate surface area is 89.9 Å². The Kier molecular flexibility index (Phi) is 3.09. The molecule has 0 saturated carbocycles. The van der Waals surface area contributed by atoms with Gasteiger partial charge in [0.2, 0.25) is 0 Å². The number of alkyl halides is 1. The SMILES string of the molecule is Nc1ccc(N2CCCC(F)CC2)cc1. The predicted molar refractivity (Wildman–Crippen MR) is 61.8 cm³/mol. The van der Waals surface area contributed by atoms with Crippen molar-refractivity contribution in [2.45, 2.75) is 25.4 Å². The lowest BCUT2D eigenvalue weighted by Gasteiger charge is -2.22. The average molecular weight is 208 g/mol. The second-order valence-electron chi connectivity index (χ2n) is 4.11. The van der Waals surface area contributed by atoms with Crippen LogP contribution in [0.25, 0.3) is 0 Å². The van der Waals surface area contributed by atoms with E-state index in [1.165, 1.54) is 0 Å². The maximum atomic E-state index is 13.2. The number of hydrogen-bond acceptors (Lipinski definition) is 2. The highest BCUT2D eigenvalue weighted by molar-refractivity contribution is 5.53. The van der Waals surface area contributed by atoms with Crippen molar-refractivity contribution in [3.63, 3.8) is 0 Å². The molecular formula is C12H17FN2. The first-order chi connectivity index (χ1) is 7.25. The number of anilines is 2. The summed E-state index contributed by atoms with van der Waals surface area (Å²) in [4.78, 5) is 2.24. The van der Waals surface area contributed by atoms with E-state index in [2.05, 4.69) is 4.90 Å². The number of benzene rings is 1. The van der Waals surface area contributed by atoms with Crippen LogP contribution in [0.2, 0.25) is 0 Å². The van der Waals surface area contributed by atoms with Gasteiger partial charge in [0.15, 0.2) is 0 Å². The van der Waals surface area contributed by atoms with Crippen LogP contribution in [0.1, 0.15) is 19.3 Å². The molecule has 2 nitrogen and oxygen atoms in total. The standard InChI is InChI=1S/C12H17FN2/c13-10-2-1-8-15(9-7-10)12-5-3-11(14)4-6-12/h3-6,10H,1-2,7-9,14H2. The Bertz CT molecular complexity index is 310. The second kappa shape index (κ2) is 4.51. The monoisotopic (exact) mass is 208 g/mol. The zero-order chi connectivity index (χ0) is 10.7. The van der Waals surface area contributed by atoms with Gasteiger partial charge in [-0.05, 0) is 43.5 Å². The van der Waals surface area contributed by atoms with Gasteiger partial charge in [0.05, 0.1) is 0 Å². The molecule has 0 radical (unpaired) electrons. The fourth-order valence-corrected chi connectivity index (χ4v) is 2.00. The van der Waals surface area contributed by atoms with E-state index in [0.29, 0.717) is 12.8 Å². The highest BCUT2D eigenvalue weighted by Crippen LogP contribution is 2.21. The Morgan fingerprint density at radius 3 is 2.60 bits per heavy atom. The molecule has 0 spiro atoms. The molecule has 15 heavy (non-hydrogen) atoms. The number of rotatable bonds is 1. The van der Waals surface area contributed by atoms with E-state index >= 15 is 0 Å². The average Bonchev–Trinajstić information content (AvgIpc) is 2.44. The van der Waals surface area contributed by atoms with Crippen LogP contribution in [0.5, 0.6) is 0 Å². The maximum absolute atomic E-state index is 13.2. The van der Waals surface area contributed by atoms with Crippen molar-refractivity contribution in [2.75, 3.05) is 23.7 Å². The van der Waals surface area contributed by atoms with Crippen LogP contribution in [0.3, 0.4) is 0 Å². The van der Waals surface area contributed by atoms with Gasteiger partial charge in [-0.1, -0.05) is 0 Å². The fraction of sp³-hybridized carbons (Fsp3) is 0.500. The lowest BCUT2D eigenvalue weighted by molar-refractivity contribution is 0.307. The van der Waals surface area contributed by atoms with E-state index in [9.17, 15) is 4.39 Å². The van der Waals surface area contributed by atoms with Crippen molar-refractivity contribution in [1.29, 1.82) is 0 Å². The van der Waals surface area contributed by atoms with E-state index in [0.717, 1.165) is 30.9 Å². The molecule has 3 heteroatoms. The minimum absolute atomic E-state index is 0.621. The van der Waals surface area contributed by atoms with Gasteiger partial charge in [0.1, 0.15) is 6.17 Å². The van der Waals surface area contributed by atoms with Crippen molar-refractivity contribution in [3.05, 3.63) is 24.3 Å². The van der Waals surface area contributed by atoms with Gasteiger partial charge in [-0.15, -0.1) is 0 Å². The third-order valence-electron chi connectivity index (χ3n) is 2.92. The Morgan fingerprint density at radius 2 is 1.87 bits per heavy atom. The van der Waals surface area contributed by atoms with Crippen molar-refractivity contribution in [1.82, 2.24) is 0 Å². The third-order valence-corrected chi connectivity index (χ3v) is 2.92. The van der Waals surface area contributed by atoms with Gasteiger partial charge in [-0.25, -0.2) is 4.39 Å². The van der Waals surface area contributed by atoms with Gasteiger partial charge in [0, 0.05) is 24.5 Å². The Hall–Kier alpha value is -1.25. The van der Waals surface area contributed by atoms with E-state index in [4.69, 9.17) is 5.73 Å².